The minimum Gasteiger partial charge on any atom is -0.294 e. The van der Waals surface area contributed by atoms with Crippen molar-refractivity contribution < 1.29 is 14.0 Å². The van der Waals surface area contributed by atoms with Crippen LogP contribution in [0.1, 0.15) is 46.0 Å². The summed E-state index contributed by atoms with van der Waals surface area (Å²) in [7, 11) is 0. The number of hydrogen-bond donors (Lipinski definition) is 0. The number of Topliss-reactive ketones (excluding diaryl/α,β-unsaturated/α-hetero) is 2. The molecular formula is C26H26FNO2. The predicted molar refractivity (Wildman–Crippen MR) is 118 cm³/mol. The smallest absolute Gasteiger partial charge is 0.179 e. The summed E-state index contributed by atoms with van der Waals surface area (Å²) in [4.78, 5) is 28.2. The van der Waals surface area contributed by atoms with Gasteiger partial charge in [-0.15, -0.1) is 0 Å². The zero-order valence-electron chi connectivity index (χ0n) is 17.4. The fraction of sp³-hybridized carbons (Fsp3) is 0.308. The molecule has 1 aliphatic rings. The summed E-state index contributed by atoms with van der Waals surface area (Å²) in [5, 5.41) is 2.14. The molecule has 0 bridgehead atoms. The van der Waals surface area contributed by atoms with E-state index in [9.17, 15) is 14.0 Å². The number of aryl methyl sites for hydroxylation is 1. The summed E-state index contributed by atoms with van der Waals surface area (Å²) in [6, 6.07) is 17.5. The van der Waals surface area contributed by atoms with Crippen LogP contribution in [-0.4, -0.2) is 35.6 Å². The van der Waals surface area contributed by atoms with Crippen molar-refractivity contribution in [3.63, 3.8) is 0 Å². The number of carbonyl (C=O) groups is 2. The third-order valence-corrected chi connectivity index (χ3v) is 6.33. The molecule has 3 aromatic carbocycles. The number of hydrogen-bond acceptors (Lipinski definition) is 3. The molecule has 1 fully saturated rings. The van der Waals surface area contributed by atoms with Crippen LogP contribution in [0.4, 0.5) is 4.39 Å². The van der Waals surface area contributed by atoms with Crippen LogP contribution < -0.4 is 0 Å². The molecule has 1 saturated heterocycles. The second kappa shape index (κ2) is 8.49. The van der Waals surface area contributed by atoms with Crippen molar-refractivity contribution in [1.82, 2.24) is 4.90 Å². The van der Waals surface area contributed by atoms with Crippen LogP contribution >= 0.6 is 0 Å². The van der Waals surface area contributed by atoms with E-state index in [-0.39, 0.29) is 29.3 Å². The first-order valence-corrected chi connectivity index (χ1v) is 10.5. The lowest BCUT2D eigenvalue weighted by Crippen LogP contribution is -2.45. The number of carbonyl (C=O) groups excluding carboxylic acids is 2. The zero-order valence-corrected chi connectivity index (χ0v) is 17.4. The maximum Gasteiger partial charge on any atom is 0.179 e. The van der Waals surface area contributed by atoms with E-state index in [2.05, 4.69) is 4.90 Å². The monoisotopic (exact) mass is 403 g/mol. The highest BCUT2D eigenvalue weighted by atomic mass is 19.1. The minimum atomic E-state index is -0.345. The molecule has 0 radical (unpaired) electrons. The van der Waals surface area contributed by atoms with Gasteiger partial charge in [0.15, 0.2) is 11.6 Å². The zero-order chi connectivity index (χ0) is 21.3. The van der Waals surface area contributed by atoms with Gasteiger partial charge in [-0.25, -0.2) is 4.39 Å². The molecule has 1 atom stereocenters. The van der Waals surface area contributed by atoms with Gasteiger partial charge in [0.1, 0.15) is 5.82 Å². The average Bonchev–Trinajstić information content (AvgIpc) is 2.78. The molecule has 0 amide bonds. The molecule has 0 aliphatic carbocycles. The van der Waals surface area contributed by atoms with E-state index in [0.717, 1.165) is 34.7 Å². The van der Waals surface area contributed by atoms with Crippen molar-refractivity contribution in [2.24, 2.45) is 5.92 Å². The van der Waals surface area contributed by atoms with E-state index in [1.807, 2.05) is 50.2 Å². The van der Waals surface area contributed by atoms with Crippen molar-refractivity contribution in [2.75, 3.05) is 13.1 Å². The lowest BCUT2D eigenvalue weighted by Gasteiger charge is -2.35. The number of halogens is 1. The van der Waals surface area contributed by atoms with Gasteiger partial charge in [0.05, 0.1) is 6.04 Å². The number of fused-ring (bicyclic) bond motifs is 1. The van der Waals surface area contributed by atoms with E-state index in [0.29, 0.717) is 18.7 Å². The summed E-state index contributed by atoms with van der Waals surface area (Å²) in [6.07, 6.45) is 1.48. The fourth-order valence-electron chi connectivity index (χ4n) is 4.52. The molecule has 4 rings (SSSR count). The Balaban J connectivity index is 1.45. The van der Waals surface area contributed by atoms with E-state index in [1.165, 1.54) is 24.3 Å². The molecule has 3 aromatic rings. The number of rotatable bonds is 5. The van der Waals surface area contributed by atoms with Gasteiger partial charge in [-0.2, -0.15) is 0 Å². The molecule has 1 heterocycles. The first-order chi connectivity index (χ1) is 14.5. The van der Waals surface area contributed by atoms with Crippen molar-refractivity contribution in [1.29, 1.82) is 0 Å². The Labute approximate surface area is 176 Å². The van der Waals surface area contributed by atoms with Crippen LogP contribution in [0.5, 0.6) is 0 Å². The number of benzene rings is 3. The third kappa shape index (κ3) is 3.92. The summed E-state index contributed by atoms with van der Waals surface area (Å²) in [5.74, 6) is -0.182. The molecule has 3 nitrogen and oxygen atoms in total. The van der Waals surface area contributed by atoms with Crippen LogP contribution in [0.3, 0.4) is 0 Å². The third-order valence-electron chi connectivity index (χ3n) is 6.33. The van der Waals surface area contributed by atoms with E-state index in [1.54, 1.807) is 0 Å². The highest BCUT2D eigenvalue weighted by Gasteiger charge is 2.31. The molecule has 0 N–H and O–H groups in total. The fourth-order valence-corrected chi connectivity index (χ4v) is 4.52. The Morgan fingerprint density at radius 3 is 2.27 bits per heavy atom. The summed E-state index contributed by atoms with van der Waals surface area (Å²) < 4.78 is 13.1. The van der Waals surface area contributed by atoms with Crippen molar-refractivity contribution in [3.05, 3.63) is 83.2 Å². The largest absolute Gasteiger partial charge is 0.294 e. The van der Waals surface area contributed by atoms with Crippen LogP contribution in [0, 0.1) is 18.7 Å². The molecule has 30 heavy (non-hydrogen) atoms. The number of ketones is 2. The van der Waals surface area contributed by atoms with Gasteiger partial charge >= 0.3 is 0 Å². The van der Waals surface area contributed by atoms with Crippen molar-refractivity contribution in [2.45, 2.75) is 32.7 Å². The highest BCUT2D eigenvalue weighted by Crippen LogP contribution is 2.29. The summed E-state index contributed by atoms with van der Waals surface area (Å²) in [5.41, 5.74) is 2.44. The van der Waals surface area contributed by atoms with Crippen LogP contribution in [0.2, 0.25) is 0 Å². The van der Waals surface area contributed by atoms with E-state index >= 15 is 0 Å². The van der Waals surface area contributed by atoms with Gasteiger partial charge in [0.25, 0.3) is 0 Å². The van der Waals surface area contributed by atoms with Gasteiger partial charge in [-0.05, 0) is 80.4 Å². The molecule has 154 valence electrons. The van der Waals surface area contributed by atoms with Gasteiger partial charge in [-0.3, -0.25) is 14.5 Å². The van der Waals surface area contributed by atoms with Crippen LogP contribution in [0.15, 0.2) is 60.7 Å². The second-order valence-corrected chi connectivity index (χ2v) is 8.20. The molecule has 0 saturated carbocycles. The van der Waals surface area contributed by atoms with E-state index in [4.69, 9.17) is 0 Å². The van der Waals surface area contributed by atoms with Crippen molar-refractivity contribution in [3.8, 4) is 0 Å². The lowest BCUT2D eigenvalue weighted by atomic mass is 9.85. The van der Waals surface area contributed by atoms with E-state index < -0.39 is 0 Å². The van der Waals surface area contributed by atoms with Crippen molar-refractivity contribution >= 4 is 22.3 Å². The molecule has 0 spiro atoms. The number of nitrogens with zero attached hydrogens (tertiary/aromatic N) is 1. The maximum absolute atomic E-state index is 13.3. The van der Waals surface area contributed by atoms with Gasteiger partial charge in [0.2, 0.25) is 0 Å². The Morgan fingerprint density at radius 2 is 1.60 bits per heavy atom. The van der Waals surface area contributed by atoms with Gasteiger partial charge < -0.3 is 0 Å². The quantitative estimate of drug-likeness (QED) is 0.532. The first-order valence-electron chi connectivity index (χ1n) is 10.5. The highest BCUT2D eigenvalue weighted by molar-refractivity contribution is 6.10. The number of likely N-dealkylation sites (tertiary alicyclic amines) is 1. The van der Waals surface area contributed by atoms with Crippen LogP contribution in [0.25, 0.3) is 10.8 Å². The Hall–Kier alpha value is -2.85. The predicted octanol–water partition coefficient (Wildman–Crippen LogP) is 5.45. The average molecular weight is 403 g/mol. The first kappa shape index (κ1) is 20.4. The molecule has 0 aromatic heterocycles. The second-order valence-electron chi connectivity index (χ2n) is 8.20. The summed E-state index contributed by atoms with van der Waals surface area (Å²) >= 11 is 0. The van der Waals surface area contributed by atoms with Gasteiger partial charge in [0, 0.05) is 17.0 Å². The van der Waals surface area contributed by atoms with Gasteiger partial charge in [-0.1, -0.05) is 36.4 Å². The Kier molecular flexibility index (Phi) is 5.78. The molecule has 1 aliphatic heterocycles. The topological polar surface area (TPSA) is 37.4 Å². The lowest BCUT2D eigenvalue weighted by molar-refractivity contribution is 0.0714. The standard InChI is InChI=1S/C26H26FNO2/c1-17-5-3-6-19-7-4-8-23(24(17)19)26(30)21-13-15-28(16-14-21)18(2)25(29)20-9-11-22(27)12-10-20/h3-12,18,21H,13-16H2,1-2H3. The molecule has 4 heteroatoms. The number of piperidine rings is 1. The summed E-state index contributed by atoms with van der Waals surface area (Å²) in [6.45, 7) is 5.34. The normalized spacial score (nSPS) is 16.5. The Morgan fingerprint density at radius 1 is 0.967 bits per heavy atom. The molecule has 1 unspecified atom stereocenters. The Bertz CT molecular complexity index is 1080. The maximum atomic E-state index is 13.3. The van der Waals surface area contributed by atoms with Crippen LogP contribution in [-0.2, 0) is 0 Å². The SMILES string of the molecule is Cc1cccc2cccc(C(=O)C3CCN(C(C)C(=O)c4ccc(F)cc4)CC3)c12. The molecular weight excluding hydrogens is 377 g/mol. The minimum absolute atomic E-state index is 0.00976.